The minimum Gasteiger partial charge on any atom is -0.462 e. The summed E-state index contributed by atoms with van der Waals surface area (Å²) >= 11 is 0. The van der Waals surface area contributed by atoms with Crippen molar-refractivity contribution in [3.05, 3.63) is 0 Å². The molecule has 138 valence electrons. The number of esters is 1. The zero-order valence-electron chi connectivity index (χ0n) is 16.1. The smallest absolute Gasteiger partial charge is 0.317 e. The van der Waals surface area contributed by atoms with Crippen LogP contribution >= 0.6 is 0 Å². The van der Waals surface area contributed by atoms with Crippen LogP contribution in [-0.2, 0) is 14.3 Å². The summed E-state index contributed by atoms with van der Waals surface area (Å²) in [6.45, 7) is 8.86. The van der Waals surface area contributed by atoms with Crippen LogP contribution in [0.15, 0.2) is 0 Å². The minimum absolute atomic E-state index is 0.00550. The largest absolute Gasteiger partial charge is 0.462 e. The summed E-state index contributed by atoms with van der Waals surface area (Å²) in [5.41, 5.74) is 0. The van der Waals surface area contributed by atoms with Gasteiger partial charge in [-0.15, -0.1) is 0 Å². The van der Waals surface area contributed by atoms with Gasteiger partial charge in [0.15, 0.2) is 0 Å². The lowest BCUT2D eigenvalue weighted by Crippen LogP contribution is -2.39. The second kappa shape index (κ2) is 9.01. The van der Waals surface area contributed by atoms with Gasteiger partial charge in [-0.2, -0.15) is 0 Å². The molecule has 0 aromatic rings. The highest BCUT2D eigenvalue weighted by Crippen LogP contribution is 2.38. The van der Waals surface area contributed by atoms with Gasteiger partial charge in [0.2, 0.25) is 0 Å². The third-order valence-corrected chi connectivity index (χ3v) is 6.24. The van der Waals surface area contributed by atoms with Crippen molar-refractivity contribution in [1.82, 2.24) is 0 Å². The summed E-state index contributed by atoms with van der Waals surface area (Å²) in [5.74, 6) is 1.21. The number of unbranched alkanes of at least 4 members (excludes halogenated alkanes) is 2. The Labute approximate surface area is 147 Å². The van der Waals surface area contributed by atoms with Gasteiger partial charge in [0, 0.05) is 6.42 Å². The molecule has 0 bridgehead atoms. The van der Waals surface area contributed by atoms with E-state index >= 15 is 0 Å². The summed E-state index contributed by atoms with van der Waals surface area (Å²) in [6.07, 6.45) is 9.22. The molecule has 0 amide bonds. The van der Waals surface area contributed by atoms with Crippen LogP contribution in [0.1, 0.15) is 85.5 Å². The van der Waals surface area contributed by atoms with Gasteiger partial charge >= 0.3 is 5.97 Å². The molecule has 0 N–H and O–H groups in total. The number of ketones is 1. The quantitative estimate of drug-likeness (QED) is 0.366. The van der Waals surface area contributed by atoms with Crippen molar-refractivity contribution in [3.8, 4) is 0 Å². The first-order valence-corrected chi connectivity index (χ1v) is 10.2. The van der Waals surface area contributed by atoms with E-state index in [4.69, 9.17) is 4.74 Å². The molecule has 1 unspecified atom stereocenters. The Morgan fingerprint density at radius 3 is 2.62 bits per heavy atom. The molecule has 2 aliphatic rings. The maximum Gasteiger partial charge on any atom is 0.317 e. The number of carbonyl (C=O) groups is 2. The highest BCUT2D eigenvalue weighted by Gasteiger charge is 2.43. The van der Waals surface area contributed by atoms with Gasteiger partial charge in [-0.25, -0.2) is 0 Å². The number of Topliss-reactive ketones (excluding diaryl/α,β-unsaturated/α-hetero) is 1. The lowest BCUT2D eigenvalue weighted by molar-refractivity contribution is -0.163. The first-order chi connectivity index (χ1) is 11.4. The van der Waals surface area contributed by atoms with Crippen molar-refractivity contribution in [1.29, 1.82) is 0 Å². The first-order valence-electron chi connectivity index (χ1n) is 10.2. The Balaban J connectivity index is 1.98. The average Bonchev–Trinajstić information content (AvgIpc) is 2.88. The van der Waals surface area contributed by atoms with Gasteiger partial charge in [-0.3, -0.25) is 9.59 Å². The molecule has 5 atom stereocenters. The summed E-state index contributed by atoms with van der Waals surface area (Å²) in [4.78, 5) is 25.1. The van der Waals surface area contributed by atoms with Crippen molar-refractivity contribution in [2.75, 3.05) is 0 Å². The zero-order chi connectivity index (χ0) is 17.7. The number of rotatable bonds is 7. The lowest BCUT2D eigenvalue weighted by Gasteiger charge is -2.37. The molecule has 2 saturated carbocycles. The number of ether oxygens (including phenoxy) is 1. The molecule has 0 saturated heterocycles. The van der Waals surface area contributed by atoms with E-state index in [-0.39, 0.29) is 23.8 Å². The summed E-state index contributed by atoms with van der Waals surface area (Å²) in [5, 5.41) is 0. The number of hydrogen-bond donors (Lipinski definition) is 0. The highest BCUT2D eigenvalue weighted by molar-refractivity contribution is 6.00. The zero-order valence-corrected chi connectivity index (χ0v) is 16.1. The third kappa shape index (κ3) is 4.83. The summed E-state index contributed by atoms with van der Waals surface area (Å²) in [7, 11) is 0. The van der Waals surface area contributed by atoms with Crippen LogP contribution in [0.5, 0.6) is 0 Å². The molecule has 2 rings (SSSR count). The third-order valence-electron chi connectivity index (χ3n) is 6.24. The Morgan fingerprint density at radius 2 is 1.96 bits per heavy atom. The highest BCUT2D eigenvalue weighted by atomic mass is 16.5. The maximum atomic E-state index is 12.8. The molecule has 0 aliphatic heterocycles. The van der Waals surface area contributed by atoms with Gasteiger partial charge in [0.05, 0.1) is 0 Å². The second-order valence-electron chi connectivity index (χ2n) is 8.54. The van der Waals surface area contributed by atoms with E-state index in [1.54, 1.807) is 0 Å². The predicted octanol–water partition coefficient (Wildman–Crippen LogP) is 5.17. The van der Waals surface area contributed by atoms with E-state index < -0.39 is 5.92 Å². The molecule has 3 heteroatoms. The van der Waals surface area contributed by atoms with Crippen molar-refractivity contribution in [2.45, 2.75) is 91.6 Å². The van der Waals surface area contributed by atoms with E-state index in [2.05, 4.69) is 27.7 Å². The number of hydrogen-bond acceptors (Lipinski definition) is 3. The van der Waals surface area contributed by atoms with E-state index in [1.165, 1.54) is 19.3 Å². The summed E-state index contributed by atoms with van der Waals surface area (Å²) < 4.78 is 5.97. The Hall–Kier alpha value is -0.860. The monoisotopic (exact) mass is 336 g/mol. The van der Waals surface area contributed by atoms with Crippen LogP contribution in [0.4, 0.5) is 0 Å². The fourth-order valence-electron chi connectivity index (χ4n) is 4.68. The first kappa shape index (κ1) is 19.5. The Bertz CT molecular complexity index is 429. The van der Waals surface area contributed by atoms with E-state index in [1.807, 2.05) is 0 Å². The number of carbonyl (C=O) groups excluding carboxylic acids is 2. The van der Waals surface area contributed by atoms with Crippen LogP contribution in [0.3, 0.4) is 0 Å². The average molecular weight is 337 g/mol. The Kier molecular flexibility index (Phi) is 7.31. The SMILES string of the molecule is CCCCC[C@H]1CCC(=O)C1C(=O)O[C@H]1C[C@H](C)CC[C@H]1C(C)C. The van der Waals surface area contributed by atoms with Crippen LogP contribution in [0.25, 0.3) is 0 Å². The molecule has 24 heavy (non-hydrogen) atoms. The molecule has 0 radical (unpaired) electrons. The van der Waals surface area contributed by atoms with Crippen molar-refractivity contribution < 1.29 is 14.3 Å². The van der Waals surface area contributed by atoms with Crippen molar-refractivity contribution in [3.63, 3.8) is 0 Å². The van der Waals surface area contributed by atoms with E-state index in [0.29, 0.717) is 24.2 Å². The molecule has 0 aromatic heterocycles. The van der Waals surface area contributed by atoms with Crippen LogP contribution in [0, 0.1) is 29.6 Å². The molecule has 0 heterocycles. The van der Waals surface area contributed by atoms with Crippen molar-refractivity contribution >= 4 is 11.8 Å². The van der Waals surface area contributed by atoms with Crippen molar-refractivity contribution in [2.24, 2.45) is 29.6 Å². The van der Waals surface area contributed by atoms with Gasteiger partial charge in [-0.05, 0) is 49.4 Å². The minimum atomic E-state index is -0.480. The van der Waals surface area contributed by atoms with E-state index in [9.17, 15) is 9.59 Å². The maximum absolute atomic E-state index is 12.8. The van der Waals surface area contributed by atoms with E-state index in [0.717, 1.165) is 32.1 Å². The summed E-state index contributed by atoms with van der Waals surface area (Å²) in [6, 6.07) is 0. The molecule has 0 aromatic carbocycles. The van der Waals surface area contributed by atoms with Crippen LogP contribution in [-0.4, -0.2) is 17.9 Å². The fraction of sp³-hybridized carbons (Fsp3) is 0.905. The normalized spacial score (nSPS) is 33.9. The van der Waals surface area contributed by atoms with Gasteiger partial charge < -0.3 is 4.74 Å². The molecular weight excluding hydrogens is 300 g/mol. The van der Waals surface area contributed by atoms with Gasteiger partial charge in [0.25, 0.3) is 0 Å². The second-order valence-corrected chi connectivity index (χ2v) is 8.54. The standard InChI is InChI=1S/C21H36O3/c1-5-6-7-8-16-10-12-18(22)20(16)21(23)24-19-13-15(4)9-11-17(19)14(2)3/h14-17,19-20H,5-13H2,1-4H3/t15-,16+,17+,19+,20?/m1/s1. The molecular formula is C21H36O3. The molecule has 2 fully saturated rings. The van der Waals surface area contributed by atoms with Gasteiger partial charge in [0.1, 0.15) is 17.8 Å². The Morgan fingerprint density at radius 1 is 1.21 bits per heavy atom. The fourth-order valence-corrected chi connectivity index (χ4v) is 4.68. The molecule has 0 spiro atoms. The van der Waals surface area contributed by atoms with Crippen LogP contribution in [0.2, 0.25) is 0 Å². The molecule has 2 aliphatic carbocycles. The van der Waals surface area contributed by atoms with Gasteiger partial charge in [-0.1, -0.05) is 53.4 Å². The lowest BCUT2D eigenvalue weighted by atomic mass is 9.75. The molecule has 3 nitrogen and oxygen atoms in total. The predicted molar refractivity (Wildman–Crippen MR) is 96.6 cm³/mol. The topological polar surface area (TPSA) is 43.4 Å². The van der Waals surface area contributed by atoms with Crippen LogP contribution < -0.4 is 0 Å².